The molecule has 0 aliphatic carbocycles. The van der Waals surface area contributed by atoms with Crippen molar-refractivity contribution < 1.29 is 4.79 Å². The van der Waals surface area contributed by atoms with Crippen LogP contribution in [0.4, 0.5) is 0 Å². The summed E-state index contributed by atoms with van der Waals surface area (Å²) in [5.41, 5.74) is 2.63. The predicted molar refractivity (Wildman–Crippen MR) is 79.4 cm³/mol. The first-order valence-corrected chi connectivity index (χ1v) is 7.65. The standard InChI is InChI=1S/C15H31N3O/c1-15(2,3)13-8-11-18(12-9-13)10-6-4-5-7-14(19)17-16/h13H,4-12,16H2,1-3H3,(H,17,19). The van der Waals surface area contributed by atoms with E-state index in [2.05, 4.69) is 31.1 Å². The van der Waals surface area contributed by atoms with Gasteiger partial charge >= 0.3 is 0 Å². The molecule has 1 saturated heterocycles. The number of hydrogen-bond donors (Lipinski definition) is 2. The Balaban J connectivity index is 2.05. The van der Waals surface area contributed by atoms with Gasteiger partial charge < -0.3 is 4.90 Å². The van der Waals surface area contributed by atoms with Crippen LogP contribution in [0.25, 0.3) is 0 Å². The molecule has 0 aromatic carbocycles. The van der Waals surface area contributed by atoms with Gasteiger partial charge in [0.2, 0.25) is 5.91 Å². The number of likely N-dealkylation sites (tertiary alicyclic amines) is 1. The number of hydrogen-bond acceptors (Lipinski definition) is 3. The van der Waals surface area contributed by atoms with Crippen molar-refractivity contribution in [3.63, 3.8) is 0 Å². The zero-order valence-electron chi connectivity index (χ0n) is 12.9. The molecule has 4 heteroatoms. The molecule has 0 aromatic heterocycles. The van der Waals surface area contributed by atoms with E-state index in [0.29, 0.717) is 11.8 Å². The zero-order valence-corrected chi connectivity index (χ0v) is 12.9. The molecule has 0 radical (unpaired) electrons. The summed E-state index contributed by atoms with van der Waals surface area (Å²) in [5, 5.41) is 0. The van der Waals surface area contributed by atoms with Crippen LogP contribution in [-0.2, 0) is 4.79 Å². The highest BCUT2D eigenvalue weighted by Crippen LogP contribution is 2.34. The van der Waals surface area contributed by atoms with Crippen LogP contribution in [0.5, 0.6) is 0 Å². The van der Waals surface area contributed by atoms with Crippen molar-refractivity contribution in [2.45, 2.75) is 59.3 Å². The van der Waals surface area contributed by atoms with Crippen molar-refractivity contribution in [2.75, 3.05) is 19.6 Å². The molecule has 1 aliphatic rings. The van der Waals surface area contributed by atoms with E-state index in [1.807, 2.05) is 0 Å². The third-order valence-corrected chi connectivity index (χ3v) is 4.35. The Morgan fingerprint density at radius 2 is 1.84 bits per heavy atom. The maximum atomic E-state index is 11.0. The summed E-state index contributed by atoms with van der Waals surface area (Å²) in [7, 11) is 0. The Labute approximate surface area is 118 Å². The van der Waals surface area contributed by atoms with Gasteiger partial charge in [0.25, 0.3) is 0 Å². The molecule has 0 spiro atoms. The van der Waals surface area contributed by atoms with Crippen LogP contribution in [0.3, 0.4) is 0 Å². The molecular formula is C15H31N3O. The van der Waals surface area contributed by atoms with Gasteiger partial charge in [0.05, 0.1) is 0 Å². The molecular weight excluding hydrogens is 238 g/mol. The minimum atomic E-state index is -0.0500. The quantitative estimate of drug-likeness (QED) is 0.337. The van der Waals surface area contributed by atoms with Crippen molar-refractivity contribution in [1.82, 2.24) is 10.3 Å². The van der Waals surface area contributed by atoms with Gasteiger partial charge in [-0.1, -0.05) is 27.2 Å². The summed E-state index contributed by atoms with van der Waals surface area (Å²) in [5.74, 6) is 5.87. The molecule has 0 bridgehead atoms. The van der Waals surface area contributed by atoms with E-state index in [9.17, 15) is 4.79 Å². The van der Waals surface area contributed by atoms with Gasteiger partial charge in [0.1, 0.15) is 0 Å². The predicted octanol–water partition coefficient (Wildman–Crippen LogP) is 2.29. The van der Waals surface area contributed by atoms with E-state index >= 15 is 0 Å². The smallest absolute Gasteiger partial charge is 0.233 e. The third kappa shape index (κ3) is 6.39. The average Bonchev–Trinajstić information content (AvgIpc) is 2.37. The number of rotatable bonds is 6. The second-order valence-corrected chi connectivity index (χ2v) is 6.86. The minimum Gasteiger partial charge on any atom is -0.303 e. The SMILES string of the molecule is CC(C)(C)C1CCN(CCCCCC(=O)NN)CC1. The van der Waals surface area contributed by atoms with Crippen LogP contribution in [0.15, 0.2) is 0 Å². The second-order valence-electron chi connectivity index (χ2n) is 6.86. The van der Waals surface area contributed by atoms with E-state index in [4.69, 9.17) is 5.84 Å². The van der Waals surface area contributed by atoms with Gasteiger partial charge in [0, 0.05) is 6.42 Å². The number of unbranched alkanes of at least 4 members (excludes halogenated alkanes) is 2. The number of carbonyl (C=O) groups excluding carboxylic acids is 1. The first-order chi connectivity index (χ1) is 8.93. The molecule has 19 heavy (non-hydrogen) atoms. The van der Waals surface area contributed by atoms with E-state index in [1.165, 1.54) is 38.9 Å². The van der Waals surface area contributed by atoms with Gasteiger partial charge in [-0.15, -0.1) is 0 Å². The fraction of sp³-hybridized carbons (Fsp3) is 0.933. The summed E-state index contributed by atoms with van der Waals surface area (Å²) in [6.07, 6.45) is 6.48. The Morgan fingerprint density at radius 1 is 1.21 bits per heavy atom. The number of amides is 1. The largest absolute Gasteiger partial charge is 0.303 e. The molecule has 0 unspecified atom stereocenters. The lowest BCUT2D eigenvalue weighted by Crippen LogP contribution is -2.38. The Morgan fingerprint density at radius 3 is 2.37 bits per heavy atom. The molecule has 0 atom stereocenters. The monoisotopic (exact) mass is 269 g/mol. The first-order valence-electron chi connectivity index (χ1n) is 7.65. The minimum absolute atomic E-state index is 0.0500. The molecule has 1 rings (SSSR count). The number of nitrogens with zero attached hydrogens (tertiary/aromatic N) is 1. The lowest BCUT2D eigenvalue weighted by Gasteiger charge is -2.38. The Kier molecular flexibility index (Phi) is 6.80. The number of carbonyl (C=O) groups is 1. The number of nitrogens with two attached hydrogens (primary N) is 1. The van der Waals surface area contributed by atoms with Crippen molar-refractivity contribution in [3.05, 3.63) is 0 Å². The molecule has 112 valence electrons. The average molecular weight is 269 g/mol. The van der Waals surface area contributed by atoms with E-state index in [0.717, 1.165) is 18.8 Å². The second kappa shape index (κ2) is 7.85. The highest BCUT2D eigenvalue weighted by Gasteiger charge is 2.28. The topological polar surface area (TPSA) is 58.4 Å². The molecule has 1 aliphatic heterocycles. The van der Waals surface area contributed by atoms with Crippen LogP contribution in [0, 0.1) is 11.3 Å². The third-order valence-electron chi connectivity index (χ3n) is 4.35. The summed E-state index contributed by atoms with van der Waals surface area (Å²) >= 11 is 0. The summed E-state index contributed by atoms with van der Waals surface area (Å²) in [4.78, 5) is 13.5. The Bertz CT molecular complexity index is 265. The number of nitrogens with one attached hydrogen (secondary N) is 1. The first kappa shape index (κ1) is 16.4. The van der Waals surface area contributed by atoms with Gasteiger partial charge in [0.15, 0.2) is 0 Å². The molecule has 1 amide bonds. The van der Waals surface area contributed by atoms with E-state index in [1.54, 1.807) is 0 Å². The van der Waals surface area contributed by atoms with Crippen LogP contribution < -0.4 is 11.3 Å². The number of piperidine rings is 1. The van der Waals surface area contributed by atoms with Gasteiger partial charge in [-0.05, 0) is 56.7 Å². The lowest BCUT2D eigenvalue weighted by atomic mass is 9.75. The van der Waals surface area contributed by atoms with E-state index < -0.39 is 0 Å². The fourth-order valence-corrected chi connectivity index (χ4v) is 2.89. The van der Waals surface area contributed by atoms with Gasteiger partial charge in [-0.25, -0.2) is 5.84 Å². The van der Waals surface area contributed by atoms with Crippen molar-refractivity contribution in [3.8, 4) is 0 Å². The normalized spacial score (nSPS) is 18.5. The molecule has 3 N–H and O–H groups in total. The van der Waals surface area contributed by atoms with Gasteiger partial charge in [-0.2, -0.15) is 0 Å². The van der Waals surface area contributed by atoms with Crippen LogP contribution in [-0.4, -0.2) is 30.4 Å². The Hall–Kier alpha value is -0.610. The summed E-state index contributed by atoms with van der Waals surface area (Å²) in [6.45, 7) is 10.7. The van der Waals surface area contributed by atoms with Crippen molar-refractivity contribution >= 4 is 5.91 Å². The highest BCUT2D eigenvalue weighted by molar-refractivity contribution is 5.74. The van der Waals surface area contributed by atoms with Gasteiger partial charge in [-0.3, -0.25) is 10.2 Å². The van der Waals surface area contributed by atoms with E-state index in [-0.39, 0.29) is 5.91 Å². The molecule has 1 heterocycles. The maximum absolute atomic E-state index is 11.0. The van der Waals surface area contributed by atoms with Crippen molar-refractivity contribution in [1.29, 1.82) is 0 Å². The molecule has 1 fully saturated rings. The van der Waals surface area contributed by atoms with Crippen LogP contribution in [0.1, 0.15) is 59.3 Å². The number of hydrazine groups is 1. The zero-order chi connectivity index (χ0) is 14.3. The van der Waals surface area contributed by atoms with Crippen LogP contribution >= 0.6 is 0 Å². The summed E-state index contributed by atoms with van der Waals surface area (Å²) in [6, 6.07) is 0. The summed E-state index contributed by atoms with van der Waals surface area (Å²) < 4.78 is 0. The fourth-order valence-electron chi connectivity index (χ4n) is 2.89. The maximum Gasteiger partial charge on any atom is 0.233 e. The molecule has 0 aromatic rings. The lowest BCUT2D eigenvalue weighted by molar-refractivity contribution is -0.121. The van der Waals surface area contributed by atoms with Crippen LogP contribution in [0.2, 0.25) is 0 Å². The molecule has 0 saturated carbocycles. The molecule has 4 nitrogen and oxygen atoms in total. The van der Waals surface area contributed by atoms with Crippen molar-refractivity contribution in [2.24, 2.45) is 17.2 Å². The highest BCUT2D eigenvalue weighted by atomic mass is 16.2.